The van der Waals surface area contributed by atoms with Gasteiger partial charge in [0.05, 0.1) is 23.7 Å². The molecule has 2 aromatic rings. The van der Waals surface area contributed by atoms with Crippen molar-refractivity contribution < 1.29 is 4.39 Å². The van der Waals surface area contributed by atoms with Crippen molar-refractivity contribution in [3.63, 3.8) is 0 Å². The minimum absolute atomic E-state index is 0.242. The monoisotopic (exact) mass is 296 g/mol. The Morgan fingerprint density at radius 2 is 2.23 bits per heavy atom. The van der Waals surface area contributed by atoms with Crippen molar-refractivity contribution >= 4 is 0 Å². The van der Waals surface area contributed by atoms with Crippen molar-refractivity contribution in [2.24, 2.45) is 0 Å². The molecule has 1 aromatic carbocycles. The highest BCUT2D eigenvalue weighted by molar-refractivity contribution is 5.34. The van der Waals surface area contributed by atoms with E-state index in [4.69, 9.17) is 5.26 Å². The Kier molecular flexibility index (Phi) is 3.20. The number of hydrogen-bond donors (Lipinski definition) is 0. The van der Waals surface area contributed by atoms with E-state index in [0.717, 1.165) is 25.2 Å². The van der Waals surface area contributed by atoms with Crippen molar-refractivity contribution in [2.45, 2.75) is 38.4 Å². The molecule has 22 heavy (non-hydrogen) atoms. The fourth-order valence-corrected chi connectivity index (χ4v) is 3.19. The Balaban J connectivity index is 1.52. The molecular weight excluding hydrogens is 279 g/mol. The summed E-state index contributed by atoms with van der Waals surface area (Å²) in [4.78, 5) is 6.74. The lowest BCUT2D eigenvalue weighted by Gasteiger charge is -2.27. The highest BCUT2D eigenvalue weighted by Gasteiger charge is 2.29. The van der Waals surface area contributed by atoms with Gasteiger partial charge in [-0.25, -0.2) is 9.37 Å². The predicted molar refractivity (Wildman–Crippen MR) is 79.4 cm³/mol. The Morgan fingerprint density at radius 3 is 3.00 bits per heavy atom. The molecule has 5 heteroatoms. The van der Waals surface area contributed by atoms with E-state index in [0.29, 0.717) is 23.7 Å². The first-order valence-electron chi connectivity index (χ1n) is 7.70. The van der Waals surface area contributed by atoms with E-state index in [1.165, 1.54) is 30.7 Å². The number of nitriles is 1. The Bertz CT molecular complexity index is 755. The third-order valence-corrected chi connectivity index (χ3v) is 4.53. The summed E-state index contributed by atoms with van der Waals surface area (Å²) in [5, 5.41) is 8.95. The van der Waals surface area contributed by atoms with Crippen LogP contribution < -0.4 is 0 Å². The summed E-state index contributed by atoms with van der Waals surface area (Å²) < 4.78 is 16.2. The van der Waals surface area contributed by atoms with E-state index in [2.05, 4.69) is 20.5 Å². The van der Waals surface area contributed by atoms with Gasteiger partial charge in [0, 0.05) is 43.4 Å². The van der Waals surface area contributed by atoms with Gasteiger partial charge in [0.15, 0.2) is 0 Å². The summed E-state index contributed by atoms with van der Waals surface area (Å²) in [6.07, 6.45) is 5.45. The molecule has 2 aliphatic rings. The maximum atomic E-state index is 13.9. The van der Waals surface area contributed by atoms with Gasteiger partial charge in [0.25, 0.3) is 0 Å². The first kappa shape index (κ1) is 13.5. The van der Waals surface area contributed by atoms with Crippen LogP contribution in [0.4, 0.5) is 4.39 Å². The van der Waals surface area contributed by atoms with E-state index < -0.39 is 0 Å². The first-order valence-corrected chi connectivity index (χ1v) is 7.70. The standard InChI is InChI=1S/C17H17FN4/c18-15-4-1-12(8-19)7-13(15)9-21-6-5-17-16(10-21)20-11-22(17)14-2-3-14/h1,4,7,11,14H,2-3,5-6,9-10H2. The first-order chi connectivity index (χ1) is 10.7. The van der Waals surface area contributed by atoms with Crippen LogP contribution in [0.25, 0.3) is 0 Å². The summed E-state index contributed by atoms with van der Waals surface area (Å²) in [6.45, 7) is 2.18. The third-order valence-electron chi connectivity index (χ3n) is 4.53. The molecular formula is C17H17FN4. The highest BCUT2D eigenvalue weighted by atomic mass is 19.1. The molecule has 1 aromatic heterocycles. The molecule has 0 radical (unpaired) electrons. The molecule has 0 saturated heterocycles. The fraction of sp³-hybridized carbons (Fsp3) is 0.412. The van der Waals surface area contributed by atoms with Crippen molar-refractivity contribution in [1.82, 2.24) is 14.5 Å². The SMILES string of the molecule is N#Cc1ccc(F)c(CN2CCc3c(ncn3C3CC3)C2)c1. The molecule has 4 nitrogen and oxygen atoms in total. The van der Waals surface area contributed by atoms with Gasteiger partial charge in [0.1, 0.15) is 5.82 Å². The zero-order valence-electron chi connectivity index (χ0n) is 12.3. The van der Waals surface area contributed by atoms with Crippen molar-refractivity contribution in [3.8, 4) is 6.07 Å². The van der Waals surface area contributed by atoms with Gasteiger partial charge in [-0.15, -0.1) is 0 Å². The second-order valence-electron chi connectivity index (χ2n) is 6.16. The summed E-state index contributed by atoms with van der Waals surface area (Å²) in [5.74, 6) is -0.242. The molecule has 1 saturated carbocycles. The minimum Gasteiger partial charge on any atom is -0.331 e. The number of rotatable bonds is 3. The largest absolute Gasteiger partial charge is 0.331 e. The maximum Gasteiger partial charge on any atom is 0.127 e. The minimum atomic E-state index is -0.242. The summed E-state index contributed by atoms with van der Waals surface area (Å²) in [5.41, 5.74) is 3.57. The van der Waals surface area contributed by atoms with Crippen LogP contribution in [0.2, 0.25) is 0 Å². The lowest BCUT2D eigenvalue weighted by atomic mass is 10.1. The summed E-state index contributed by atoms with van der Waals surface area (Å²) in [6, 6.07) is 7.27. The number of imidazole rings is 1. The molecule has 0 atom stereocenters. The van der Waals surface area contributed by atoms with Gasteiger partial charge in [-0.2, -0.15) is 5.26 Å². The van der Waals surface area contributed by atoms with E-state index >= 15 is 0 Å². The molecule has 0 amide bonds. The quantitative estimate of drug-likeness (QED) is 0.875. The van der Waals surface area contributed by atoms with Crippen LogP contribution >= 0.6 is 0 Å². The molecule has 0 unspecified atom stereocenters. The molecule has 4 rings (SSSR count). The van der Waals surface area contributed by atoms with Crippen LogP contribution in [0, 0.1) is 17.1 Å². The molecule has 2 heterocycles. The smallest absolute Gasteiger partial charge is 0.127 e. The van der Waals surface area contributed by atoms with Crippen LogP contribution in [0.15, 0.2) is 24.5 Å². The van der Waals surface area contributed by atoms with Gasteiger partial charge >= 0.3 is 0 Å². The zero-order chi connectivity index (χ0) is 15.1. The molecule has 1 aliphatic heterocycles. The molecule has 0 bridgehead atoms. The van der Waals surface area contributed by atoms with Crippen LogP contribution in [0.5, 0.6) is 0 Å². The molecule has 0 N–H and O–H groups in total. The maximum absolute atomic E-state index is 13.9. The van der Waals surface area contributed by atoms with Crippen molar-refractivity contribution in [2.75, 3.05) is 6.54 Å². The predicted octanol–water partition coefficient (Wildman–Crippen LogP) is 2.79. The lowest BCUT2D eigenvalue weighted by Crippen LogP contribution is -2.31. The van der Waals surface area contributed by atoms with Gasteiger partial charge in [-0.3, -0.25) is 4.90 Å². The highest BCUT2D eigenvalue weighted by Crippen LogP contribution is 2.37. The number of benzene rings is 1. The van der Waals surface area contributed by atoms with Crippen LogP contribution in [-0.2, 0) is 19.5 Å². The molecule has 0 spiro atoms. The molecule has 1 aliphatic carbocycles. The zero-order valence-corrected chi connectivity index (χ0v) is 12.3. The number of hydrogen-bond acceptors (Lipinski definition) is 3. The van der Waals surface area contributed by atoms with Gasteiger partial charge in [-0.05, 0) is 31.0 Å². The van der Waals surface area contributed by atoms with Crippen LogP contribution in [0.3, 0.4) is 0 Å². The Labute approximate surface area is 128 Å². The van der Waals surface area contributed by atoms with E-state index in [1.54, 1.807) is 6.07 Å². The van der Waals surface area contributed by atoms with Crippen molar-refractivity contribution in [1.29, 1.82) is 5.26 Å². The lowest BCUT2D eigenvalue weighted by molar-refractivity contribution is 0.236. The summed E-state index contributed by atoms with van der Waals surface area (Å²) in [7, 11) is 0. The van der Waals surface area contributed by atoms with E-state index in [1.807, 2.05) is 6.33 Å². The van der Waals surface area contributed by atoms with E-state index in [9.17, 15) is 4.39 Å². The average Bonchev–Trinajstić information content (AvgIpc) is 3.29. The van der Waals surface area contributed by atoms with Crippen molar-refractivity contribution in [3.05, 3.63) is 52.9 Å². The number of halogens is 1. The van der Waals surface area contributed by atoms with Gasteiger partial charge in [-0.1, -0.05) is 0 Å². The number of aromatic nitrogens is 2. The number of fused-ring (bicyclic) bond motifs is 1. The second kappa shape index (κ2) is 5.22. The third kappa shape index (κ3) is 2.40. The second-order valence-corrected chi connectivity index (χ2v) is 6.16. The van der Waals surface area contributed by atoms with Crippen LogP contribution in [0.1, 0.15) is 41.4 Å². The Hall–Kier alpha value is -2.19. The van der Waals surface area contributed by atoms with Gasteiger partial charge in [0.2, 0.25) is 0 Å². The average molecular weight is 296 g/mol. The topological polar surface area (TPSA) is 44.9 Å². The van der Waals surface area contributed by atoms with Gasteiger partial charge < -0.3 is 4.57 Å². The molecule has 112 valence electrons. The summed E-state index contributed by atoms with van der Waals surface area (Å²) >= 11 is 0. The van der Waals surface area contributed by atoms with Crippen LogP contribution in [-0.4, -0.2) is 21.0 Å². The molecule has 1 fully saturated rings. The normalized spacial score (nSPS) is 18.0. The number of nitrogens with zero attached hydrogens (tertiary/aromatic N) is 4. The van der Waals surface area contributed by atoms with E-state index in [-0.39, 0.29) is 5.82 Å². The fourth-order valence-electron chi connectivity index (χ4n) is 3.19. The Morgan fingerprint density at radius 1 is 1.36 bits per heavy atom.